The summed E-state index contributed by atoms with van der Waals surface area (Å²) in [5.41, 5.74) is 1.35. The number of para-hydroxylation sites is 1. The molecule has 1 aromatic heterocycles. The second-order valence-electron chi connectivity index (χ2n) is 6.39. The van der Waals surface area contributed by atoms with Crippen LogP contribution in [0.4, 0.5) is 0 Å². The molecule has 2 N–H and O–H groups in total. The lowest BCUT2D eigenvalue weighted by atomic mass is 9.96. The highest BCUT2D eigenvalue weighted by Gasteiger charge is 2.36. The number of fused-ring (bicyclic) bond motifs is 1. The number of carbonyl (C=O) groups excluding carboxylic acids is 1. The van der Waals surface area contributed by atoms with Gasteiger partial charge in [0.2, 0.25) is 0 Å². The number of hydrogen-bond acceptors (Lipinski definition) is 4. The van der Waals surface area contributed by atoms with Gasteiger partial charge >= 0.3 is 0 Å². The van der Waals surface area contributed by atoms with Crippen LogP contribution in [0.2, 0.25) is 0 Å². The monoisotopic (exact) mass is 316 g/mol. The normalized spacial score (nSPS) is 21.5. The summed E-state index contributed by atoms with van der Waals surface area (Å²) < 4.78 is 0. The molecule has 0 radical (unpaired) electrons. The van der Waals surface area contributed by atoms with Crippen molar-refractivity contribution in [2.75, 3.05) is 39.8 Å². The van der Waals surface area contributed by atoms with Crippen molar-refractivity contribution >= 4 is 16.8 Å². The Morgan fingerprint density at radius 1 is 1.39 bits per heavy atom. The van der Waals surface area contributed by atoms with Gasteiger partial charge in [0, 0.05) is 37.5 Å². The number of rotatable bonds is 5. The number of hydrogen-bond donors (Lipinski definition) is 2. The molecule has 1 aromatic carbocycles. The number of aliphatic hydroxyl groups excluding tert-OH is 1. The van der Waals surface area contributed by atoms with Crippen LogP contribution in [0.15, 0.2) is 24.3 Å². The van der Waals surface area contributed by atoms with Gasteiger partial charge in [-0.05, 0) is 25.6 Å². The zero-order valence-corrected chi connectivity index (χ0v) is 13.7. The van der Waals surface area contributed by atoms with Gasteiger partial charge < -0.3 is 14.9 Å². The second kappa shape index (κ2) is 6.68. The Hall–Kier alpha value is -1.92. The number of nitrogens with zero attached hydrogens (tertiary/aromatic N) is 3. The summed E-state index contributed by atoms with van der Waals surface area (Å²) >= 11 is 0. The quantitative estimate of drug-likeness (QED) is 0.869. The molecule has 23 heavy (non-hydrogen) atoms. The van der Waals surface area contributed by atoms with E-state index in [0.717, 1.165) is 24.0 Å². The highest BCUT2D eigenvalue weighted by molar-refractivity contribution is 6.04. The van der Waals surface area contributed by atoms with Crippen LogP contribution in [0, 0.1) is 11.8 Å². The molecule has 0 unspecified atom stereocenters. The van der Waals surface area contributed by atoms with Crippen LogP contribution in [0.1, 0.15) is 17.4 Å². The van der Waals surface area contributed by atoms with Crippen molar-refractivity contribution in [1.82, 2.24) is 20.0 Å². The fraction of sp³-hybridized carbons (Fsp3) is 0.529. The van der Waals surface area contributed by atoms with E-state index in [4.69, 9.17) is 0 Å². The smallest absolute Gasteiger partial charge is 0.275 e. The van der Waals surface area contributed by atoms with Crippen LogP contribution in [0.5, 0.6) is 0 Å². The Kier molecular flexibility index (Phi) is 4.63. The van der Waals surface area contributed by atoms with Crippen LogP contribution in [-0.4, -0.2) is 70.8 Å². The highest BCUT2D eigenvalue weighted by Crippen LogP contribution is 2.26. The first-order chi connectivity index (χ1) is 11.1. The lowest BCUT2D eigenvalue weighted by Crippen LogP contribution is -2.32. The molecule has 1 fully saturated rings. The Bertz CT molecular complexity index is 684. The number of carbonyl (C=O) groups is 1. The van der Waals surface area contributed by atoms with E-state index in [2.05, 4.69) is 29.1 Å². The van der Waals surface area contributed by atoms with E-state index in [1.165, 1.54) is 0 Å². The largest absolute Gasteiger partial charge is 0.396 e. The molecule has 2 aromatic rings. The molecule has 1 aliphatic heterocycles. The second-order valence-corrected chi connectivity index (χ2v) is 6.39. The average molecular weight is 316 g/mol. The Labute approximate surface area is 136 Å². The Morgan fingerprint density at radius 2 is 2.13 bits per heavy atom. The maximum absolute atomic E-state index is 12.8. The molecule has 6 heteroatoms. The third kappa shape index (κ3) is 3.09. The van der Waals surface area contributed by atoms with Gasteiger partial charge in [-0.3, -0.25) is 9.89 Å². The van der Waals surface area contributed by atoms with Crippen molar-refractivity contribution < 1.29 is 9.90 Å². The average Bonchev–Trinajstić information content (AvgIpc) is 3.18. The minimum Gasteiger partial charge on any atom is -0.396 e. The molecule has 0 saturated carbocycles. The lowest BCUT2D eigenvalue weighted by Gasteiger charge is -2.22. The number of H-pyrrole nitrogens is 1. The molecular formula is C17H24N4O2. The number of amides is 1. The van der Waals surface area contributed by atoms with E-state index in [1.807, 2.05) is 29.2 Å². The van der Waals surface area contributed by atoms with E-state index < -0.39 is 0 Å². The predicted octanol–water partition coefficient (Wildman–Crippen LogP) is 1.20. The summed E-state index contributed by atoms with van der Waals surface area (Å²) in [7, 11) is 2.07. The molecule has 0 bridgehead atoms. The fourth-order valence-corrected chi connectivity index (χ4v) is 3.32. The van der Waals surface area contributed by atoms with Gasteiger partial charge in [0.15, 0.2) is 5.69 Å². The summed E-state index contributed by atoms with van der Waals surface area (Å²) in [6.07, 6.45) is 0. The number of aliphatic hydroxyl groups is 1. The SMILES string of the molecule is CCN(C)C[C@@H]1CN(C(=O)c2n[nH]c3ccccc23)C[C@@H]1CO. The Balaban J connectivity index is 1.78. The fourth-order valence-electron chi connectivity index (χ4n) is 3.32. The molecule has 2 heterocycles. The number of aromatic amines is 1. The third-order valence-electron chi connectivity index (χ3n) is 4.86. The molecule has 124 valence electrons. The summed E-state index contributed by atoms with van der Waals surface area (Å²) in [5, 5.41) is 17.6. The van der Waals surface area contributed by atoms with Gasteiger partial charge in [0.1, 0.15) is 0 Å². The summed E-state index contributed by atoms with van der Waals surface area (Å²) in [5.74, 6) is 0.389. The van der Waals surface area contributed by atoms with E-state index in [9.17, 15) is 9.90 Å². The van der Waals surface area contributed by atoms with Crippen LogP contribution < -0.4 is 0 Å². The van der Waals surface area contributed by atoms with E-state index in [-0.39, 0.29) is 18.4 Å². The van der Waals surface area contributed by atoms with Gasteiger partial charge in [0.05, 0.1) is 5.52 Å². The van der Waals surface area contributed by atoms with Crippen molar-refractivity contribution in [3.63, 3.8) is 0 Å². The Morgan fingerprint density at radius 3 is 2.87 bits per heavy atom. The molecule has 1 aliphatic rings. The molecule has 0 spiro atoms. The summed E-state index contributed by atoms with van der Waals surface area (Å²) in [6.45, 7) is 5.36. The van der Waals surface area contributed by atoms with E-state index in [1.54, 1.807) is 0 Å². The number of likely N-dealkylation sites (tertiary alicyclic amines) is 1. The van der Waals surface area contributed by atoms with Gasteiger partial charge in [-0.15, -0.1) is 0 Å². The molecule has 2 atom stereocenters. The number of aromatic nitrogens is 2. The topological polar surface area (TPSA) is 72.5 Å². The van der Waals surface area contributed by atoms with Crippen molar-refractivity contribution in [1.29, 1.82) is 0 Å². The molecule has 0 aliphatic carbocycles. The van der Waals surface area contributed by atoms with Gasteiger partial charge in [0.25, 0.3) is 5.91 Å². The molecule has 3 rings (SSSR count). The molecule has 1 amide bonds. The first-order valence-corrected chi connectivity index (χ1v) is 8.15. The standard InChI is InChI=1S/C17H24N4O2/c1-3-20(2)8-12-9-21(10-13(12)11-22)17(23)16-14-6-4-5-7-15(14)18-19-16/h4-7,12-13,22H,3,8-11H2,1-2H3,(H,18,19)/t12-,13-/m1/s1. The first kappa shape index (κ1) is 16.0. The maximum Gasteiger partial charge on any atom is 0.275 e. The lowest BCUT2D eigenvalue weighted by molar-refractivity contribution is 0.0775. The predicted molar refractivity (Wildman–Crippen MR) is 89.2 cm³/mol. The zero-order chi connectivity index (χ0) is 16.4. The molecule has 1 saturated heterocycles. The molecule has 6 nitrogen and oxygen atoms in total. The number of nitrogens with one attached hydrogen (secondary N) is 1. The zero-order valence-electron chi connectivity index (χ0n) is 13.7. The van der Waals surface area contributed by atoms with Crippen molar-refractivity contribution in [3.8, 4) is 0 Å². The highest BCUT2D eigenvalue weighted by atomic mass is 16.3. The van der Waals surface area contributed by atoms with Crippen molar-refractivity contribution in [2.45, 2.75) is 6.92 Å². The van der Waals surface area contributed by atoms with Crippen LogP contribution in [0.25, 0.3) is 10.9 Å². The van der Waals surface area contributed by atoms with Crippen molar-refractivity contribution in [2.24, 2.45) is 11.8 Å². The van der Waals surface area contributed by atoms with Crippen LogP contribution >= 0.6 is 0 Å². The van der Waals surface area contributed by atoms with Gasteiger partial charge in [-0.2, -0.15) is 5.10 Å². The number of benzene rings is 1. The third-order valence-corrected chi connectivity index (χ3v) is 4.86. The van der Waals surface area contributed by atoms with Crippen LogP contribution in [0.3, 0.4) is 0 Å². The summed E-state index contributed by atoms with van der Waals surface area (Å²) in [4.78, 5) is 16.9. The van der Waals surface area contributed by atoms with E-state index in [0.29, 0.717) is 24.7 Å². The molecular weight excluding hydrogens is 292 g/mol. The first-order valence-electron chi connectivity index (χ1n) is 8.15. The summed E-state index contributed by atoms with van der Waals surface area (Å²) in [6, 6.07) is 7.66. The minimum atomic E-state index is -0.0532. The van der Waals surface area contributed by atoms with Gasteiger partial charge in [-0.1, -0.05) is 25.1 Å². The minimum absolute atomic E-state index is 0.0532. The van der Waals surface area contributed by atoms with Crippen molar-refractivity contribution in [3.05, 3.63) is 30.0 Å². The van der Waals surface area contributed by atoms with E-state index >= 15 is 0 Å². The maximum atomic E-state index is 12.8. The van der Waals surface area contributed by atoms with Crippen LogP contribution in [-0.2, 0) is 0 Å². The van der Waals surface area contributed by atoms with Gasteiger partial charge in [-0.25, -0.2) is 0 Å².